The molecule has 0 unspecified atom stereocenters. The molecule has 0 saturated carbocycles. The van der Waals surface area contributed by atoms with Crippen LogP contribution in [0.3, 0.4) is 0 Å². The Morgan fingerprint density at radius 3 is 1.41 bits per heavy atom. The number of hydrogen-bond donors (Lipinski definition) is 0. The lowest BCUT2D eigenvalue weighted by molar-refractivity contribution is -0.140. The van der Waals surface area contributed by atoms with E-state index >= 15 is 0 Å². The van der Waals surface area contributed by atoms with Crippen molar-refractivity contribution in [3.8, 4) is 0 Å². The molecule has 17 heavy (non-hydrogen) atoms. The first-order chi connectivity index (χ1) is 7.60. The van der Waals surface area contributed by atoms with Crippen LogP contribution in [0.5, 0.6) is 0 Å². The van der Waals surface area contributed by atoms with E-state index in [9.17, 15) is 4.79 Å². The molecule has 0 amide bonds. The Kier molecular flexibility index (Phi) is 9.40. The molecule has 0 rings (SSSR count). The van der Waals surface area contributed by atoms with E-state index in [0.29, 0.717) is 6.61 Å². The van der Waals surface area contributed by atoms with E-state index in [1.165, 1.54) is 6.92 Å². The lowest BCUT2D eigenvalue weighted by Crippen LogP contribution is -2.35. The minimum atomic E-state index is -0.211. The molecule has 0 N–H and O–H groups in total. The Bertz CT molecular complexity index is 194. The van der Waals surface area contributed by atoms with Crippen LogP contribution in [0.1, 0.15) is 68.2 Å². The van der Waals surface area contributed by atoms with E-state index < -0.39 is 0 Å². The van der Waals surface area contributed by atoms with Gasteiger partial charge in [-0.05, 0) is 47.5 Å². The number of ether oxygens (including phenoxy) is 2. The molecule has 0 fully saturated rings. The zero-order chi connectivity index (χ0) is 14.1. The van der Waals surface area contributed by atoms with Crippen molar-refractivity contribution in [1.29, 1.82) is 0 Å². The van der Waals surface area contributed by atoms with Crippen molar-refractivity contribution in [2.45, 2.75) is 79.4 Å². The van der Waals surface area contributed by atoms with Crippen LogP contribution in [-0.4, -0.2) is 23.8 Å². The summed E-state index contributed by atoms with van der Waals surface area (Å²) in [5.41, 5.74) is 0.0546. The van der Waals surface area contributed by atoms with Crippen molar-refractivity contribution >= 4 is 5.97 Å². The van der Waals surface area contributed by atoms with Gasteiger partial charge in [0.1, 0.15) is 0 Å². The molecule has 0 aromatic rings. The quantitative estimate of drug-likeness (QED) is 0.689. The summed E-state index contributed by atoms with van der Waals surface area (Å²) in [7, 11) is 0. The third kappa shape index (κ3) is 13.4. The molecule has 3 nitrogen and oxygen atoms in total. The average Bonchev–Trinajstić information content (AvgIpc) is 2.17. The van der Waals surface area contributed by atoms with Gasteiger partial charge >= 0.3 is 5.97 Å². The second-order valence-electron chi connectivity index (χ2n) is 5.25. The zero-order valence-electron chi connectivity index (χ0n) is 12.8. The van der Waals surface area contributed by atoms with Crippen LogP contribution in [0.4, 0.5) is 0 Å². The Hall–Kier alpha value is -0.570. The molecular weight excluding hydrogens is 216 g/mol. The molecule has 104 valence electrons. The van der Waals surface area contributed by atoms with Gasteiger partial charge in [-0.1, -0.05) is 13.8 Å². The van der Waals surface area contributed by atoms with Gasteiger partial charge < -0.3 is 9.47 Å². The Labute approximate surface area is 107 Å². The van der Waals surface area contributed by atoms with E-state index in [2.05, 4.69) is 46.3 Å². The molecule has 0 aromatic heterocycles. The maximum atomic E-state index is 9.82. The first-order valence-corrected chi connectivity index (χ1v) is 6.43. The SMILES string of the molecule is CCC(C)(C)OC(C)(C)CC.CCOC(C)=O. The van der Waals surface area contributed by atoms with E-state index in [4.69, 9.17) is 4.74 Å². The first-order valence-electron chi connectivity index (χ1n) is 6.43. The van der Waals surface area contributed by atoms with Gasteiger partial charge in [-0.25, -0.2) is 0 Å². The molecule has 3 heteroatoms. The summed E-state index contributed by atoms with van der Waals surface area (Å²) >= 11 is 0. The topological polar surface area (TPSA) is 35.5 Å². The van der Waals surface area contributed by atoms with Gasteiger partial charge in [0.25, 0.3) is 0 Å². The minimum Gasteiger partial charge on any atom is -0.466 e. The van der Waals surface area contributed by atoms with Crippen LogP contribution in [0, 0.1) is 0 Å². The van der Waals surface area contributed by atoms with Crippen molar-refractivity contribution < 1.29 is 14.3 Å². The van der Waals surface area contributed by atoms with Gasteiger partial charge in [-0.2, -0.15) is 0 Å². The fourth-order valence-electron chi connectivity index (χ4n) is 1.10. The van der Waals surface area contributed by atoms with Crippen LogP contribution in [0.15, 0.2) is 0 Å². The minimum absolute atomic E-state index is 0.0273. The van der Waals surface area contributed by atoms with Crippen LogP contribution >= 0.6 is 0 Å². The fourth-order valence-corrected chi connectivity index (χ4v) is 1.10. The molecular formula is C14H30O3. The largest absolute Gasteiger partial charge is 0.466 e. The van der Waals surface area contributed by atoms with Crippen molar-refractivity contribution in [2.75, 3.05) is 6.61 Å². The Morgan fingerprint density at radius 1 is 0.941 bits per heavy atom. The van der Waals surface area contributed by atoms with Crippen molar-refractivity contribution in [3.63, 3.8) is 0 Å². The van der Waals surface area contributed by atoms with Gasteiger partial charge in [0.15, 0.2) is 0 Å². The van der Waals surface area contributed by atoms with Gasteiger partial charge in [0.2, 0.25) is 0 Å². The maximum Gasteiger partial charge on any atom is 0.302 e. The predicted molar refractivity (Wildman–Crippen MR) is 72.1 cm³/mol. The van der Waals surface area contributed by atoms with Gasteiger partial charge in [-0.15, -0.1) is 0 Å². The molecule has 0 spiro atoms. The third-order valence-corrected chi connectivity index (χ3v) is 2.60. The molecule has 0 aliphatic rings. The number of carbonyl (C=O) groups excluding carboxylic acids is 1. The van der Waals surface area contributed by atoms with E-state index in [0.717, 1.165) is 12.8 Å². The van der Waals surface area contributed by atoms with Crippen LogP contribution in [-0.2, 0) is 14.3 Å². The van der Waals surface area contributed by atoms with E-state index in [1.807, 2.05) is 0 Å². The molecule has 0 radical (unpaired) electrons. The normalized spacial score (nSPS) is 11.5. The standard InChI is InChI=1S/C10H22O.C4H8O2/c1-7-9(3,4)11-10(5,6)8-2;1-3-6-4(2)5/h7-8H2,1-6H3;3H2,1-2H3. The van der Waals surface area contributed by atoms with Crippen LogP contribution in [0.25, 0.3) is 0 Å². The second-order valence-corrected chi connectivity index (χ2v) is 5.25. The maximum absolute atomic E-state index is 9.82. The number of esters is 1. The van der Waals surface area contributed by atoms with E-state index in [1.54, 1.807) is 6.92 Å². The molecule has 0 aliphatic heterocycles. The second kappa shape index (κ2) is 8.51. The highest BCUT2D eigenvalue weighted by molar-refractivity contribution is 5.65. The first kappa shape index (κ1) is 18.8. The highest BCUT2D eigenvalue weighted by Gasteiger charge is 2.25. The highest BCUT2D eigenvalue weighted by atomic mass is 16.5. The summed E-state index contributed by atoms with van der Waals surface area (Å²) in [6.07, 6.45) is 2.13. The van der Waals surface area contributed by atoms with Gasteiger partial charge in [0.05, 0.1) is 17.8 Å². The summed E-state index contributed by atoms with van der Waals surface area (Å²) in [5, 5.41) is 0. The fraction of sp³-hybridized carbons (Fsp3) is 0.929. The smallest absolute Gasteiger partial charge is 0.302 e. The number of rotatable bonds is 5. The molecule has 0 aromatic carbocycles. The average molecular weight is 246 g/mol. The molecule has 0 atom stereocenters. The number of hydrogen-bond acceptors (Lipinski definition) is 3. The summed E-state index contributed by atoms with van der Waals surface area (Å²) in [6.45, 7) is 16.5. The Balaban J connectivity index is 0. The van der Waals surface area contributed by atoms with E-state index in [-0.39, 0.29) is 17.2 Å². The summed E-state index contributed by atoms with van der Waals surface area (Å²) in [6, 6.07) is 0. The van der Waals surface area contributed by atoms with Crippen LogP contribution < -0.4 is 0 Å². The summed E-state index contributed by atoms with van der Waals surface area (Å²) < 4.78 is 10.3. The third-order valence-electron chi connectivity index (χ3n) is 2.60. The lowest BCUT2D eigenvalue weighted by atomic mass is 10.0. The van der Waals surface area contributed by atoms with Crippen molar-refractivity contribution in [3.05, 3.63) is 0 Å². The monoisotopic (exact) mass is 246 g/mol. The highest BCUT2D eigenvalue weighted by Crippen LogP contribution is 2.24. The summed E-state index contributed by atoms with van der Waals surface area (Å²) in [4.78, 5) is 9.82. The molecule has 0 bridgehead atoms. The zero-order valence-corrected chi connectivity index (χ0v) is 12.8. The number of carbonyl (C=O) groups is 1. The molecule has 0 saturated heterocycles. The lowest BCUT2D eigenvalue weighted by Gasteiger charge is -2.34. The molecule has 0 aliphatic carbocycles. The van der Waals surface area contributed by atoms with Crippen molar-refractivity contribution in [2.24, 2.45) is 0 Å². The van der Waals surface area contributed by atoms with Crippen molar-refractivity contribution in [1.82, 2.24) is 0 Å². The molecule has 0 heterocycles. The predicted octanol–water partition coefficient (Wildman–Crippen LogP) is 3.95. The summed E-state index contributed by atoms with van der Waals surface area (Å²) in [5.74, 6) is -0.211. The van der Waals surface area contributed by atoms with Gasteiger partial charge in [0, 0.05) is 6.92 Å². The Morgan fingerprint density at radius 2 is 1.29 bits per heavy atom. The van der Waals surface area contributed by atoms with Crippen LogP contribution in [0.2, 0.25) is 0 Å². The van der Waals surface area contributed by atoms with Gasteiger partial charge in [-0.3, -0.25) is 4.79 Å².